The van der Waals surface area contributed by atoms with Gasteiger partial charge >= 0.3 is 0 Å². The summed E-state index contributed by atoms with van der Waals surface area (Å²) in [7, 11) is 0. The minimum atomic E-state index is -0.0314. The van der Waals surface area contributed by atoms with Gasteiger partial charge in [0, 0.05) is 16.7 Å². The molecule has 0 fully saturated rings. The molecule has 2 aromatic carbocycles. The van der Waals surface area contributed by atoms with E-state index >= 15 is 0 Å². The summed E-state index contributed by atoms with van der Waals surface area (Å²) < 4.78 is 0. The average molecular weight is 295 g/mol. The van der Waals surface area contributed by atoms with Crippen LogP contribution >= 0.6 is 11.8 Å². The molecule has 0 N–H and O–H groups in total. The van der Waals surface area contributed by atoms with E-state index in [1.54, 1.807) is 6.20 Å². The van der Waals surface area contributed by atoms with Gasteiger partial charge in [0.15, 0.2) is 0 Å². The van der Waals surface area contributed by atoms with Crippen LogP contribution in [0.25, 0.3) is 0 Å². The van der Waals surface area contributed by atoms with E-state index in [1.165, 1.54) is 16.7 Å². The monoisotopic (exact) mass is 295 g/mol. The van der Waals surface area contributed by atoms with Crippen LogP contribution in [0.1, 0.15) is 15.9 Å². The number of Topliss-reactive ketones (excluding diaryl/α,β-unsaturated/α-hetero) is 1. The molecule has 4 heteroatoms. The van der Waals surface area contributed by atoms with Crippen LogP contribution in [0.4, 0.5) is 5.69 Å². The molecule has 21 heavy (non-hydrogen) atoms. The van der Waals surface area contributed by atoms with Crippen molar-refractivity contribution in [2.24, 2.45) is 0 Å². The summed E-state index contributed by atoms with van der Waals surface area (Å²) >= 11 is 1.40. The molecule has 0 atom stereocenters. The van der Waals surface area contributed by atoms with Crippen LogP contribution in [-0.2, 0) is 4.79 Å². The molecule has 104 valence electrons. The van der Waals surface area contributed by atoms with Gasteiger partial charge < -0.3 is 0 Å². The van der Waals surface area contributed by atoms with Crippen molar-refractivity contribution < 1.29 is 9.59 Å². The number of amides is 1. The molecular weight excluding hydrogens is 282 g/mol. The Bertz CT molecular complexity index is 752. The van der Waals surface area contributed by atoms with Gasteiger partial charge in [0.2, 0.25) is 12.2 Å². The molecule has 3 nitrogen and oxygen atoms in total. The maximum absolute atomic E-state index is 12.3. The highest BCUT2D eigenvalue weighted by Gasteiger charge is 2.26. The number of anilines is 1. The van der Waals surface area contributed by atoms with Crippen LogP contribution in [0.15, 0.2) is 64.5 Å². The van der Waals surface area contributed by atoms with Gasteiger partial charge in [0.05, 0.1) is 10.6 Å². The number of hydrogen-bond acceptors (Lipinski definition) is 3. The Morgan fingerprint density at radius 2 is 1.76 bits per heavy atom. The van der Waals surface area contributed by atoms with E-state index in [0.717, 1.165) is 22.6 Å². The number of ketones is 1. The lowest BCUT2D eigenvalue weighted by Crippen LogP contribution is -2.15. The summed E-state index contributed by atoms with van der Waals surface area (Å²) in [6, 6.07) is 15.1. The number of para-hydroxylation sites is 1. The number of aryl methyl sites for hydroxylation is 1. The van der Waals surface area contributed by atoms with Crippen LogP contribution in [0.2, 0.25) is 0 Å². The molecular formula is C17H13NO2S. The van der Waals surface area contributed by atoms with E-state index in [4.69, 9.17) is 0 Å². The highest BCUT2D eigenvalue weighted by molar-refractivity contribution is 8.04. The maximum atomic E-state index is 12.3. The van der Waals surface area contributed by atoms with Crippen LogP contribution in [0.5, 0.6) is 0 Å². The predicted molar refractivity (Wildman–Crippen MR) is 84.4 cm³/mol. The molecule has 1 aliphatic rings. The number of carbonyl (C=O) groups is 2. The molecule has 0 aliphatic carbocycles. The Hall–Kier alpha value is -2.33. The topological polar surface area (TPSA) is 37.4 Å². The first-order chi connectivity index (χ1) is 10.2. The van der Waals surface area contributed by atoms with Crippen LogP contribution in [-0.4, -0.2) is 12.2 Å². The van der Waals surface area contributed by atoms with Crippen molar-refractivity contribution in [3.05, 3.63) is 70.8 Å². The Balaban J connectivity index is 1.97. The van der Waals surface area contributed by atoms with Crippen LogP contribution in [0.3, 0.4) is 0 Å². The average Bonchev–Trinajstić information content (AvgIpc) is 2.82. The maximum Gasteiger partial charge on any atom is 0.218 e. The third kappa shape index (κ3) is 2.50. The Labute approximate surface area is 127 Å². The SMILES string of the molecule is Cc1ccccc1N(C=O)/C=C1\Sc2ccccc2C1=O. The predicted octanol–water partition coefficient (Wildman–Crippen LogP) is 3.79. The van der Waals surface area contributed by atoms with Gasteiger partial charge in [-0.25, -0.2) is 0 Å². The zero-order valence-electron chi connectivity index (χ0n) is 11.4. The quantitative estimate of drug-likeness (QED) is 0.638. The third-order valence-electron chi connectivity index (χ3n) is 3.34. The molecule has 0 radical (unpaired) electrons. The second kappa shape index (κ2) is 5.58. The largest absolute Gasteiger partial charge is 0.289 e. The highest BCUT2D eigenvalue weighted by atomic mass is 32.2. The molecule has 0 saturated heterocycles. The second-order valence-electron chi connectivity index (χ2n) is 4.72. The lowest BCUT2D eigenvalue weighted by molar-refractivity contribution is -0.106. The fraction of sp³-hybridized carbons (Fsp3) is 0.0588. The number of fused-ring (bicyclic) bond motifs is 1. The molecule has 3 rings (SSSR count). The molecule has 0 unspecified atom stereocenters. The van der Waals surface area contributed by atoms with Crippen molar-refractivity contribution >= 4 is 29.6 Å². The number of rotatable bonds is 3. The lowest BCUT2D eigenvalue weighted by Gasteiger charge is -2.15. The van der Waals surface area contributed by atoms with E-state index in [-0.39, 0.29) is 5.78 Å². The number of hydrogen-bond donors (Lipinski definition) is 0. The normalized spacial score (nSPS) is 15.1. The van der Waals surface area contributed by atoms with Crippen molar-refractivity contribution in [2.45, 2.75) is 11.8 Å². The van der Waals surface area contributed by atoms with Gasteiger partial charge in [0.1, 0.15) is 0 Å². The Morgan fingerprint density at radius 3 is 2.48 bits per heavy atom. The number of thioether (sulfide) groups is 1. The van der Waals surface area contributed by atoms with Gasteiger partial charge in [-0.2, -0.15) is 0 Å². The summed E-state index contributed by atoms with van der Waals surface area (Å²) in [5.74, 6) is -0.0314. The second-order valence-corrected chi connectivity index (χ2v) is 5.80. The summed E-state index contributed by atoms with van der Waals surface area (Å²) in [6.45, 7) is 1.93. The van der Waals surface area contributed by atoms with E-state index in [0.29, 0.717) is 10.5 Å². The smallest absolute Gasteiger partial charge is 0.218 e. The first kappa shape index (κ1) is 13.6. The van der Waals surface area contributed by atoms with Gasteiger partial charge in [-0.15, -0.1) is 0 Å². The molecule has 0 bridgehead atoms. The standard InChI is InChI=1S/C17H13NO2S/c1-12-6-2-4-8-14(12)18(11-19)10-16-17(20)13-7-3-5-9-15(13)21-16/h2-11H,1H3/b16-10-. The van der Waals surface area contributed by atoms with Gasteiger partial charge in [-0.1, -0.05) is 42.1 Å². The third-order valence-corrected chi connectivity index (χ3v) is 4.43. The molecule has 1 heterocycles. The van der Waals surface area contributed by atoms with Gasteiger partial charge in [-0.05, 0) is 30.7 Å². The van der Waals surface area contributed by atoms with Gasteiger partial charge in [-0.3, -0.25) is 14.5 Å². The van der Waals surface area contributed by atoms with E-state index < -0.39 is 0 Å². The van der Waals surface area contributed by atoms with Crippen LogP contribution < -0.4 is 4.90 Å². The molecule has 1 amide bonds. The van der Waals surface area contributed by atoms with E-state index in [9.17, 15) is 9.59 Å². The molecule has 0 aromatic heterocycles. The van der Waals surface area contributed by atoms with Gasteiger partial charge in [0.25, 0.3) is 0 Å². The van der Waals surface area contributed by atoms with E-state index in [2.05, 4.69) is 0 Å². The minimum absolute atomic E-state index is 0.0314. The molecule has 1 aliphatic heterocycles. The van der Waals surface area contributed by atoms with Crippen molar-refractivity contribution in [2.75, 3.05) is 4.90 Å². The Kier molecular flexibility index (Phi) is 3.62. The van der Waals surface area contributed by atoms with Crippen LogP contribution in [0, 0.1) is 6.92 Å². The summed E-state index contributed by atoms with van der Waals surface area (Å²) in [6.07, 6.45) is 2.34. The fourth-order valence-corrected chi connectivity index (χ4v) is 3.29. The number of nitrogens with zero attached hydrogens (tertiary/aromatic N) is 1. The molecule has 0 spiro atoms. The molecule has 2 aromatic rings. The summed E-state index contributed by atoms with van der Waals surface area (Å²) in [4.78, 5) is 26.7. The first-order valence-electron chi connectivity index (χ1n) is 6.53. The minimum Gasteiger partial charge on any atom is -0.289 e. The Morgan fingerprint density at radius 1 is 1.05 bits per heavy atom. The summed E-state index contributed by atoms with van der Waals surface area (Å²) in [5, 5.41) is 0. The van der Waals surface area contributed by atoms with Crippen molar-refractivity contribution in [1.82, 2.24) is 0 Å². The highest BCUT2D eigenvalue weighted by Crippen LogP contribution is 2.40. The zero-order valence-corrected chi connectivity index (χ0v) is 12.3. The molecule has 0 saturated carbocycles. The zero-order chi connectivity index (χ0) is 14.8. The van der Waals surface area contributed by atoms with Crippen molar-refractivity contribution in [3.8, 4) is 0 Å². The van der Waals surface area contributed by atoms with Crippen molar-refractivity contribution in [1.29, 1.82) is 0 Å². The summed E-state index contributed by atoms with van der Waals surface area (Å²) in [5.41, 5.74) is 2.46. The van der Waals surface area contributed by atoms with E-state index in [1.807, 2.05) is 55.5 Å². The number of benzene rings is 2. The fourth-order valence-electron chi connectivity index (χ4n) is 2.26. The number of carbonyl (C=O) groups excluding carboxylic acids is 2. The first-order valence-corrected chi connectivity index (χ1v) is 7.35. The van der Waals surface area contributed by atoms with Crippen molar-refractivity contribution in [3.63, 3.8) is 0 Å². The number of allylic oxidation sites excluding steroid dienone is 1. The lowest BCUT2D eigenvalue weighted by atomic mass is 10.1.